The highest BCUT2D eigenvalue weighted by Crippen LogP contribution is 2.45. The average molecular weight is 542 g/mol. The van der Waals surface area contributed by atoms with Crippen molar-refractivity contribution >= 4 is 34.4 Å². The van der Waals surface area contributed by atoms with Crippen LogP contribution in [0.3, 0.4) is 0 Å². The van der Waals surface area contributed by atoms with Crippen molar-refractivity contribution in [3.8, 4) is 17.9 Å². The number of ether oxygens (including phenoxy) is 1. The zero-order valence-electron chi connectivity index (χ0n) is 22.9. The van der Waals surface area contributed by atoms with E-state index in [9.17, 15) is 24.9 Å². The van der Waals surface area contributed by atoms with Gasteiger partial charge in [0.1, 0.15) is 30.7 Å². The molecule has 2 heterocycles. The second-order valence-corrected chi connectivity index (χ2v) is 10.9. The van der Waals surface area contributed by atoms with E-state index in [0.717, 1.165) is 22.6 Å². The summed E-state index contributed by atoms with van der Waals surface area (Å²) in [6.45, 7) is 4.09. The fourth-order valence-corrected chi connectivity index (χ4v) is 6.05. The minimum Gasteiger partial charge on any atom is -0.439 e. The smallest absolute Gasteiger partial charge is 0.209 e. The van der Waals surface area contributed by atoms with E-state index in [1.165, 1.54) is 6.08 Å². The van der Waals surface area contributed by atoms with Crippen LogP contribution < -0.4 is 9.64 Å². The molecule has 0 aromatic heterocycles. The number of para-hydroxylation sites is 3. The number of nitrogens with zero attached hydrogens (tertiary/aromatic N) is 4. The number of nitriles is 2. The van der Waals surface area contributed by atoms with E-state index < -0.39 is 28.8 Å². The first-order chi connectivity index (χ1) is 19.6. The Morgan fingerprint density at radius 1 is 0.927 bits per heavy atom. The van der Waals surface area contributed by atoms with E-state index in [4.69, 9.17) is 4.74 Å². The van der Waals surface area contributed by atoms with Gasteiger partial charge in [0.05, 0.1) is 22.6 Å². The highest BCUT2D eigenvalue weighted by Gasteiger charge is 2.50. The van der Waals surface area contributed by atoms with Crippen molar-refractivity contribution < 1.29 is 23.7 Å². The number of anilines is 1. The highest BCUT2D eigenvalue weighted by atomic mass is 16.5. The van der Waals surface area contributed by atoms with Crippen molar-refractivity contribution in [2.45, 2.75) is 19.3 Å². The monoisotopic (exact) mass is 541 g/mol. The molecule has 0 radical (unpaired) electrons. The Bertz CT molecular complexity index is 1820. The molecule has 0 N–H and O–H groups in total. The number of carbonyl (C=O) groups is 3. The Morgan fingerprint density at radius 2 is 1.56 bits per heavy atom. The third-order valence-corrected chi connectivity index (χ3v) is 8.37. The fourth-order valence-electron chi connectivity index (χ4n) is 6.05. The van der Waals surface area contributed by atoms with E-state index in [1.807, 2.05) is 80.1 Å². The van der Waals surface area contributed by atoms with Crippen molar-refractivity contribution in [1.29, 1.82) is 10.5 Å². The SMILES string of the molecule is CN1/C(=C\C2C(=O)/C(=C\C3C(=O)C(=CC4=[N+](C)c5ccccc5C4(C)C)C3=O)C2=C(C#N)C#N)Oc2ccccc21. The molecule has 2 aliphatic heterocycles. The molecule has 0 amide bonds. The van der Waals surface area contributed by atoms with Gasteiger partial charge in [0.15, 0.2) is 34.7 Å². The van der Waals surface area contributed by atoms with Gasteiger partial charge in [0.2, 0.25) is 5.69 Å². The molecule has 4 aliphatic rings. The lowest BCUT2D eigenvalue weighted by atomic mass is 9.66. The second-order valence-electron chi connectivity index (χ2n) is 10.9. The minimum atomic E-state index is -1.14. The standard InChI is InChI=1S/C33H25N4O4/c1-33(2)23-9-5-6-10-24(23)36(3)27(33)14-22-31(39)21(32(22)40)13-19-29(18(16-34)17-35)20(30(19)38)15-28-37(4)25-11-7-8-12-26(25)41-28/h5-15,20-21H,1-4H3/q+1/b19-13-,22-14?,28-15+. The molecule has 0 spiro atoms. The molecule has 2 aromatic rings. The normalized spacial score (nSPS) is 24.0. The molecule has 8 heteroatoms. The van der Waals surface area contributed by atoms with Gasteiger partial charge in [-0.15, -0.1) is 0 Å². The molecule has 1 unspecified atom stereocenters. The average Bonchev–Trinajstić information content (AvgIpc) is 3.39. The molecular weight excluding hydrogens is 516 g/mol. The van der Waals surface area contributed by atoms with Gasteiger partial charge in [-0.1, -0.05) is 36.4 Å². The summed E-state index contributed by atoms with van der Waals surface area (Å²) in [6, 6.07) is 19.0. The van der Waals surface area contributed by atoms with Crippen LogP contribution >= 0.6 is 0 Å². The highest BCUT2D eigenvalue weighted by molar-refractivity contribution is 6.41. The summed E-state index contributed by atoms with van der Waals surface area (Å²) in [5.74, 6) is -2.22. The molecule has 8 nitrogen and oxygen atoms in total. The van der Waals surface area contributed by atoms with Gasteiger partial charge in [0, 0.05) is 35.9 Å². The Balaban J connectivity index is 1.30. The first-order valence-electron chi connectivity index (χ1n) is 13.1. The first-order valence-corrected chi connectivity index (χ1v) is 13.1. The van der Waals surface area contributed by atoms with Crippen LogP contribution in [-0.4, -0.2) is 41.7 Å². The molecular formula is C33H25N4O4+. The third-order valence-electron chi connectivity index (χ3n) is 8.37. The van der Waals surface area contributed by atoms with Gasteiger partial charge in [0.25, 0.3) is 0 Å². The van der Waals surface area contributed by atoms with Gasteiger partial charge >= 0.3 is 0 Å². The topological polar surface area (TPSA) is 114 Å². The third kappa shape index (κ3) is 3.65. The number of allylic oxidation sites excluding steroid dienone is 7. The van der Waals surface area contributed by atoms with Crippen LogP contribution in [0.15, 0.2) is 94.9 Å². The maximum absolute atomic E-state index is 13.3. The maximum atomic E-state index is 13.3. The van der Waals surface area contributed by atoms with Crippen molar-refractivity contribution in [2.75, 3.05) is 19.0 Å². The lowest BCUT2D eigenvalue weighted by Gasteiger charge is -2.32. The number of rotatable bonds is 3. The molecule has 1 atom stereocenters. The van der Waals surface area contributed by atoms with Crippen LogP contribution in [0.4, 0.5) is 11.4 Å². The Hall–Kier alpha value is -5.34. The predicted octanol–water partition coefficient (Wildman–Crippen LogP) is 4.23. The lowest BCUT2D eigenvalue weighted by Crippen LogP contribution is -2.43. The Kier molecular flexibility index (Phi) is 5.76. The van der Waals surface area contributed by atoms with E-state index in [-0.39, 0.29) is 28.1 Å². The van der Waals surface area contributed by atoms with Crippen LogP contribution in [0, 0.1) is 34.5 Å². The summed E-state index contributed by atoms with van der Waals surface area (Å²) in [5, 5.41) is 19.2. The van der Waals surface area contributed by atoms with E-state index >= 15 is 0 Å². The number of fused-ring (bicyclic) bond motifs is 2. The molecule has 2 aromatic carbocycles. The summed E-state index contributed by atoms with van der Waals surface area (Å²) in [7, 11) is 3.69. The van der Waals surface area contributed by atoms with Gasteiger partial charge in [-0.2, -0.15) is 15.1 Å². The summed E-state index contributed by atoms with van der Waals surface area (Å²) in [5.41, 5.74) is 3.42. The molecule has 41 heavy (non-hydrogen) atoms. The summed E-state index contributed by atoms with van der Waals surface area (Å²) < 4.78 is 7.86. The number of ketones is 3. The molecule has 2 aliphatic carbocycles. The molecule has 2 saturated carbocycles. The molecule has 0 bridgehead atoms. The summed E-state index contributed by atoms with van der Waals surface area (Å²) >= 11 is 0. The Labute approximate surface area is 237 Å². The van der Waals surface area contributed by atoms with Gasteiger partial charge in [-0.3, -0.25) is 14.4 Å². The van der Waals surface area contributed by atoms with Gasteiger partial charge in [-0.05, 0) is 32.1 Å². The lowest BCUT2D eigenvalue weighted by molar-refractivity contribution is -0.401. The van der Waals surface area contributed by atoms with Crippen molar-refractivity contribution in [3.63, 3.8) is 0 Å². The van der Waals surface area contributed by atoms with Crippen LogP contribution in [0.2, 0.25) is 0 Å². The molecule has 6 rings (SSSR count). The molecule has 2 fully saturated rings. The van der Waals surface area contributed by atoms with Crippen molar-refractivity contribution in [1.82, 2.24) is 0 Å². The first kappa shape index (κ1) is 25.9. The van der Waals surface area contributed by atoms with E-state index in [0.29, 0.717) is 11.6 Å². The van der Waals surface area contributed by atoms with Crippen LogP contribution in [0.1, 0.15) is 19.4 Å². The van der Waals surface area contributed by atoms with Crippen molar-refractivity contribution in [2.24, 2.45) is 11.8 Å². The minimum absolute atomic E-state index is 0.0484. The van der Waals surface area contributed by atoms with Gasteiger partial charge < -0.3 is 9.64 Å². The summed E-state index contributed by atoms with van der Waals surface area (Å²) in [4.78, 5) is 41.5. The fraction of sp³-hybridized carbons (Fsp3) is 0.212. The zero-order chi connectivity index (χ0) is 29.2. The van der Waals surface area contributed by atoms with Gasteiger partial charge in [-0.25, -0.2) is 0 Å². The number of hydrogen-bond acceptors (Lipinski definition) is 7. The number of carbonyl (C=O) groups excluding carboxylic acids is 3. The quantitative estimate of drug-likeness (QED) is 0.188. The molecule has 0 saturated heterocycles. The van der Waals surface area contributed by atoms with E-state index in [1.54, 1.807) is 30.2 Å². The number of Topliss-reactive ketones (excluding diaryl/α,β-unsaturated/α-hetero) is 3. The maximum Gasteiger partial charge on any atom is 0.209 e. The predicted molar refractivity (Wildman–Crippen MR) is 150 cm³/mol. The largest absolute Gasteiger partial charge is 0.439 e. The summed E-state index contributed by atoms with van der Waals surface area (Å²) in [6.07, 6.45) is 4.51. The molecule has 200 valence electrons. The second kappa shape index (κ2) is 9.11. The number of hydrogen-bond donors (Lipinski definition) is 0. The zero-order valence-corrected chi connectivity index (χ0v) is 22.9. The van der Waals surface area contributed by atoms with Crippen LogP contribution in [0.5, 0.6) is 5.75 Å². The van der Waals surface area contributed by atoms with E-state index in [2.05, 4.69) is 0 Å². The van der Waals surface area contributed by atoms with Crippen LogP contribution in [-0.2, 0) is 19.8 Å². The van der Waals surface area contributed by atoms with Crippen molar-refractivity contribution in [3.05, 3.63) is 100 Å². The number of benzene rings is 2. The van der Waals surface area contributed by atoms with Crippen LogP contribution in [0.25, 0.3) is 0 Å². The Morgan fingerprint density at radius 3 is 2.22 bits per heavy atom.